The molecular formula is C23H22N2O5. The summed E-state index contributed by atoms with van der Waals surface area (Å²) in [5, 5.41) is 0. The molecule has 0 N–H and O–H groups in total. The predicted octanol–water partition coefficient (Wildman–Crippen LogP) is 2.36. The summed E-state index contributed by atoms with van der Waals surface area (Å²) >= 11 is 0. The number of rotatable bonds is 5. The highest BCUT2D eigenvalue weighted by molar-refractivity contribution is 6.22. The Balaban J connectivity index is 1.65. The zero-order valence-corrected chi connectivity index (χ0v) is 16.7. The third-order valence-electron chi connectivity index (χ3n) is 5.72. The molecule has 7 nitrogen and oxygen atoms in total. The molecule has 2 aliphatic heterocycles. The molecule has 0 bridgehead atoms. The van der Waals surface area contributed by atoms with Crippen molar-refractivity contribution in [2.45, 2.75) is 25.3 Å². The van der Waals surface area contributed by atoms with Crippen LogP contribution in [0.3, 0.4) is 0 Å². The summed E-state index contributed by atoms with van der Waals surface area (Å²) in [4.78, 5) is 54.1. The molecule has 1 unspecified atom stereocenters. The normalized spacial score (nSPS) is 20.4. The largest absolute Gasteiger partial charge is 0.464 e. The molecule has 1 fully saturated rings. The van der Waals surface area contributed by atoms with Crippen molar-refractivity contribution in [1.29, 1.82) is 0 Å². The van der Waals surface area contributed by atoms with Crippen LogP contribution in [0.4, 0.5) is 0 Å². The van der Waals surface area contributed by atoms with Gasteiger partial charge in [0.25, 0.3) is 11.8 Å². The highest BCUT2D eigenvalue weighted by Gasteiger charge is 2.53. The number of fused-ring (bicyclic) bond motifs is 1. The molecule has 0 radical (unpaired) electrons. The summed E-state index contributed by atoms with van der Waals surface area (Å²) in [6.45, 7) is 1.83. The number of carbonyl (C=O) groups is 4. The third-order valence-corrected chi connectivity index (χ3v) is 5.72. The lowest BCUT2D eigenvalue weighted by Gasteiger charge is -2.37. The van der Waals surface area contributed by atoms with Gasteiger partial charge in [-0.25, -0.2) is 4.79 Å². The molecule has 2 heterocycles. The Hall–Kier alpha value is -3.48. The van der Waals surface area contributed by atoms with Crippen molar-refractivity contribution in [3.05, 3.63) is 71.3 Å². The Labute approximate surface area is 174 Å². The van der Waals surface area contributed by atoms with E-state index in [-0.39, 0.29) is 17.7 Å². The van der Waals surface area contributed by atoms with Crippen molar-refractivity contribution < 1.29 is 23.9 Å². The number of imide groups is 1. The van der Waals surface area contributed by atoms with Crippen molar-refractivity contribution in [1.82, 2.24) is 9.80 Å². The zero-order chi connectivity index (χ0) is 21.3. The second-order valence-corrected chi connectivity index (χ2v) is 7.34. The first-order valence-electron chi connectivity index (χ1n) is 9.99. The summed E-state index contributed by atoms with van der Waals surface area (Å²) in [6, 6.07) is 15.5. The first kappa shape index (κ1) is 19.8. The standard InChI is InChI=1S/C23H22N2O5/c1-2-30-22(29)23(16-9-4-3-5-10-16)13-8-14-25(23)19(26)15-24-20(27)17-11-6-7-12-18(17)21(24)28/h3-7,9-12H,2,8,13-15H2,1H3. The third kappa shape index (κ3) is 2.98. The van der Waals surface area contributed by atoms with Crippen molar-refractivity contribution in [3.63, 3.8) is 0 Å². The Kier molecular flexibility index (Phi) is 5.11. The number of benzene rings is 2. The van der Waals surface area contributed by atoms with Crippen LogP contribution >= 0.6 is 0 Å². The topological polar surface area (TPSA) is 84.0 Å². The second kappa shape index (κ2) is 7.74. The van der Waals surface area contributed by atoms with E-state index in [9.17, 15) is 19.2 Å². The Morgan fingerprint density at radius 2 is 1.57 bits per heavy atom. The van der Waals surface area contributed by atoms with Gasteiger partial charge < -0.3 is 9.64 Å². The van der Waals surface area contributed by atoms with Gasteiger partial charge >= 0.3 is 5.97 Å². The minimum Gasteiger partial charge on any atom is -0.464 e. The smallest absolute Gasteiger partial charge is 0.336 e. The fraction of sp³-hybridized carbons (Fsp3) is 0.304. The van der Waals surface area contributed by atoms with E-state index in [1.54, 1.807) is 55.5 Å². The molecule has 2 aromatic rings. The van der Waals surface area contributed by atoms with Gasteiger partial charge in [0.1, 0.15) is 6.54 Å². The number of nitrogens with zero attached hydrogens (tertiary/aromatic N) is 2. The summed E-state index contributed by atoms with van der Waals surface area (Å²) < 4.78 is 5.35. The highest BCUT2D eigenvalue weighted by Crippen LogP contribution is 2.40. The maximum absolute atomic E-state index is 13.3. The van der Waals surface area contributed by atoms with Crippen molar-refractivity contribution in [3.8, 4) is 0 Å². The monoisotopic (exact) mass is 406 g/mol. The maximum Gasteiger partial charge on any atom is 0.336 e. The van der Waals surface area contributed by atoms with Gasteiger partial charge in [-0.05, 0) is 37.5 Å². The average Bonchev–Trinajstić information content (AvgIpc) is 3.32. The lowest BCUT2D eigenvalue weighted by atomic mass is 9.87. The van der Waals surface area contributed by atoms with Crippen LogP contribution in [0.2, 0.25) is 0 Å². The maximum atomic E-state index is 13.3. The molecule has 0 aromatic heterocycles. The van der Waals surface area contributed by atoms with Crippen molar-refractivity contribution >= 4 is 23.7 Å². The second-order valence-electron chi connectivity index (χ2n) is 7.34. The zero-order valence-electron chi connectivity index (χ0n) is 16.7. The first-order valence-corrected chi connectivity index (χ1v) is 9.99. The molecule has 2 aromatic carbocycles. The number of carbonyl (C=O) groups excluding carboxylic acids is 4. The van der Waals surface area contributed by atoms with Gasteiger partial charge in [0.2, 0.25) is 5.91 Å². The Bertz CT molecular complexity index is 984. The van der Waals surface area contributed by atoms with Crippen LogP contribution < -0.4 is 0 Å². The Morgan fingerprint density at radius 1 is 0.967 bits per heavy atom. The van der Waals surface area contributed by atoms with Gasteiger partial charge in [-0.2, -0.15) is 0 Å². The molecule has 0 spiro atoms. The van der Waals surface area contributed by atoms with Crippen LogP contribution in [-0.2, 0) is 19.9 Å². The molecule has 0 saturated carbocycles. The van der Waals surface area contributed by atoms with E-state index in [0.29, 0.717) is 24.9 Å². The molecule has 154 valence electrons. The minimum atomic E-state index is -1.26. The fourth-order valence-electron chi connectivity index (χ4n) is 4.35. The quantitative estimate of drug-likeness (QED) is 0.562. The summed E-state index contributed by atoms with van der Waals surface area (Å²) in [6.07, 6.45) is 1.03. The van der Waals surface area contributed by atoms with Gasteiger partial charge in [-0.1, -0.05) is 42.5 Å². The molecule has 3 amide bonds. The molecule has 0 aliphatic carbocycles. The van der Waals surface area contributed by atoms with Gasteiger partial charge in [-0.15, -0.1) is 0 Å². The molecule has 30 heavy (non-hydrogen) atoms. The van der Waals surface area contributed by atoms with E-state index in [0.717, 1.165) is 4.90 Å². The molecule has 4 rings (SSSR count). The van der Waals surface area contributed by atoms with E-state index in [1.165, 1.54) is 4.90 Å². The van der Waals surface area contributed by atoms with Crippen LogP contribution in [0.25, 0.3) is 0 Å². The lowest BCUT2D eigenvalue weighted by Crippen LogP contribution is -2.54. The van der Waals surface area contributed by atoms with E-state index in [4.69, 9.17) is 4.74 Å². The van der Waals surface area contributed by atoms with Crippen molar-refractivity contribution in [2.24, 2.45) is 0 Å². The van der Waals surface area contributed by atoms with Crippen LogP contribution in [0.5, 0.6) is 0 Å². The summed E-state index contributed by atoms with van der Waals surface area (Å²) in [5.41, 5.74) is -0.0166. The van der Waals surface area contributed by atoms with Gasteiger partial charge in [0.05, 0.1) is 17.7 Å². The SMILES string of the molecule is CCOC(=O)C1(c2ccccc2)CCCN1C(=O)CN1C(=O)c2ccccc2C1=O. The number of hydrogen-bond donors (Lipinski definition) is 0. The number of esters is 1. The van der Waals surface area contributed by atoms with E-state index in [1.807, 2.05) is 6.07 Å². The number of likely N-dealkylation sites (tertiary alicyclic amines) is 1. The summed E-state index contributed by atoms with van der Waals surface area (Å²) in [5.74, 6) is -1.95. The predicted molar refractivity (Wildman–Crippen MR) is 108 cm³/mol. The number of hydrogen-bond acceptors (Lipinski definition) is 5. The summed E-state index contributed by atoms with van der Waals surface area (Å²) in [7, 11) is 0. The van der Waals surface area contributed by atoms with Gasteiger partial charge in [-0.3, -0.25) is 19.3 Å². The first-order chi connectivity index (χ1) is 14.5. The molecule has 2 aliphatic rings. The Morgan fingerprint density at radius 3 is 2.17 bits per heavy atom. The highest BCUT2D eigenvalue weighted by atomic mass is 16.5. The number of ether oxygens (including phenoxy) is 1. The fourth-order valence-corrected chi connectivity index (χ4v) is 4.35. The molecule has 1 saturated heterocycles. The van der Waals surface area contributed by atoms with Crippen LogP contribution in [-0.4, -0.2) is 53.2 Å². The number of amides is 3. The van der Waals surface area contributed by atoms with Crippen LogP contribution in [0, 0.1) is 0 Å². The minimum absolute atomic E-state index is 0.188. The van der Waals surface area contributed by atoms with Crippen LogP contribution in [0.1, 0.15) is 46.0 Å². The average molecular weight is 406 g/mol. The molecule has 7 heteroatoms. The van der Waals surface area contributed by atoms with E-state index >= 15 is 0 Å². The lowest BCUT2D eigenvalue weighted by molar-refractivity contribution is -0.162. The van der Waals surface area contributed by atoms with Gasteiger partial charge in [0, 0.05) is 6.54 Å². The van der Waals surface area contributed by atoms with Crippen molar-refractivity contribution in [2.75, 3.05) is 19.7 Å². The molecule has 1 atom stereocenters. The van der Waals surface area contributed by atoms with Gasteiger partial charge in [0.15, 0.2) is 5.54 Å². The molecular weight excluding hydrogens is 384 g/mol. The van der Waals surface area contributed by atoms with E-state index in [2.05, 4.69) is 0 Å². The van der Waals surface area contributed by atoms with Crippen LogP contribution in [0.15, 0.2) is 54.6 Å². The van der Waals surface area contributed by atoms with E-state index < -0.39 is 35.8 Å².